The molecule has 0 radical (unpaired) electrons. The highest BCUT2D eigenvalue weighted by Gasteiger charge is 2.49. The number of aryl methyl sites for hydroxylation is 1. The van der Waals surface area contributed by atoms with Crippen molar-refractivity contribution in [3.05, 3.63) is 58.8 Å². The fraction of sp³-hybridized carbons (Fsp3) is 0.531. The number of likely N-dealkylation sites (tertiary alicyclic amines) is 1. The molecule has 9 nitrogen and oxygen atoms in total. The number of likely N-dealkylation sites (N-methyl/N-ethyl adjacent to an activating group) is 1. The largest absolute Gasteiger partial charge is 0.462 e. The second kappa shape index (κ2) is 10.9. The van der Waals surface area contributed by atoms with Gasteiger partial charge in [0.2, 0.25) is 5.91 Å². The molecule has 214 valence electrons. The van der Waals surface area contributed by atoms with Crippen LogP contribution in [0.3, 0.4) is 0 Å². The third-order valence-electron chi connectivity index (χ3n) is 9.71. The van der Waals surface area contributed by atoms with Crippen molar-refractivity contribution in [1.29, 1.82) is 5.26 Å². The highest BCUT2D eigenvalue weighted by Crippen LogP contribution is 2.48. The zero-order chi connectivity index (χ0) is 28.7. The lowest BCUT2D eigenvalue weighted by atomic mass is 9.70. The molecule has 6 rings (SSSR count). The van der Waals surface area contributed by atoms with Gasteiger partial charge >= 0.3 is 6.01 Å². The molecule has 1 amide bonds. The van der Waals surface area contributed by atoms with Crippen LogP contribution in [0.5, 0.6) is 6.01 Å². The van der Waals surface area contributed by atoms with E-state index in [0.29, 0.717) is 50.2 Å². The molecule has 41 heavy (non-hydrogen) atoms. The van der Waals surface area contributed by atoms with Crippen molar-refractivity contribution in [1.82, 2.24) is 19.8 Å². The van der Waals surface area contributed by atoms with Gasteiger partial charge in [0.25, 0.3) is 0 Å². The minimum atomic E-state index is -0.492. The Morgan fingerprint density at radius 1 is 1.22 bits per heavy atom. The maximum absolute atomic E-state index is 14.4. The Hall–Kier alpha value is -3.77. The molecule has 2 saturated heterocycles. The number of ketones is 1. The van der Waals surface area contributed by atoms with Crippen LogP contribution >= 0.6 is 0 Å². The van der Waals surface area contributed by atoms with E-state index in [-0.39, 0.29) is 30.2 Å². The number of rotatable bonds is 6. The van der Waals surface area contributed by atoms with Crippen LogP contribution in [0.1, 0.15) is 58.4 Å². The first kappa shape index (κ1) is 27.4. The molecule has 3 unspecified atom stereocenters. The summed E-state index contributed by atoms with van der Waals surface area (Å²) in [7, 11) is 2.10. The maximum atomic E-state index is 14.4. The number of anilines is 1. The Bertz CT molecular complexity index is 1430. The van der Waals surface area contributed by atoms with Gasteiger partial charge in [-0.1, -0.05) is 24.8 Å². The summed E-state index contributed by atoms with van der Waals surface area (Å²) >= 11 is 0. The van der Waals surface area contributed by atoms with Gasteiger partial charge in [0.05, 0.1) is 18.5 Å². The number of hydrogen-bond donors (Lipinski definition) is 0. The SMILES string of the molecule is C=CC(=O)N1CCN(c2nc(OCC3CCCN3C)nc3c2CCC2(Cc4cccc(C)c4C2)C3=O)CC1CC#N. The lowest BCUT2D eigenvalue weighted by molar-refractivity contribution is -0.128. The summed E-state index contributed by atoms with van der Waals surface area (Å²) in [4.78, 5) is 42.7. The third kappa shape index (κ3) is 4.88. The monoisotopic (exact) mass is 554 g/mol. The topological polar surface area (TPSA) is 103 Å². The van der Waals surface area contributed by atoms with Crippen LogP contribution in [0, 0.1) is 23.7 Å². The normalized spacial score (nSPS) is 25.6. The van der Waals surface area contributed by atoms with Gasteiger partial charge in [0, 0.05) is 36.7 Å². The molecule has 2 aromatic rings. The van der Waals surface area contributed by atoms with Crippen LogP contribution in [-0.2, 0) is 24.1 Å². The molecule has 2 fully saturated rings. The first-order valence-corrected chi connectivity index (χ1v) is 14.7. The van der Waals surface area contributed by atoms with Crippen LogP contribution in [0.25, 0.3) is 0 Å². The first-order chi connectivity index (χ1) is 19.8. The number of nitrogens with zero attached hydrogens (tertiary/aromatic N) is 6. The smallest absolute Gasteiger partial charge is 0.319 e. The number of hydrogen-bond acceptors (Lipinski definition) is 8. The Balaban J connectivity index is 1.35. The zero-order valence-corrected chi connectivity index (χ0v) is 24.1. The van der Waals surface area contributed by atoms with Gasteiger partial charge in [-0.3, -0.25) is 9.59 Å². The minimum absolute atomic E-state index is 0.0786. The van der Waals surface area contributed by atoms with Crippen molar-refractivity contribution in [2.24, 2.45) is 5.41 Å². The highest BCUT2D eigenvalue weighted by molar-refractivity contribution is 6.03. The van der Waals surface area contributed by atoms with Crippen molar-refractivity contribution in [2.75, 3.05) is 44.7 Å². The summed E-state index contributed by atoms with van der Waals surface area (Å²) in [6.07, 6.45) is 6.62. The number of Topliss-reactive ketones (excluding diaryl/α,β-unsaturated/α-hetero) is 1. The molecule has 9 heteroatoms. The van der Waals surface area contributed by atoms with E-state index in [1.807, 2.05) is 0 Å². The molecule has 1 aromatic carbocycles. The molecule has 2 aliphatic carbocycles. The molecule has 0 N–H and O–H groups in total. The van der Waals surface area contributed by atoms with E-state index < -0.39 is 5.41 Å². The average molecular weight is 555 g/mol. The van der Waals surface area contributed by atoms with E-state index in [2.05, 4.69) is 54.6 Å². The van der Waals surface area contributed by atoms with Crippen LogP contribution < -0.4 is 9.64 Å². The van der Waals surface area contributed by atoms with Crippen LogP contribution in [0.4, 0.5) is 5.82 Å². The van der Waals surface area contributed by atoms with Gasteiger partial charge in [-0.25, -0.2) is 0 Å². The molecule has 1 aromatic heterocycles. The number of carbonyl (C=O) groups is 2. The second-order valence-corrected chi connectivity index (χ2v) is 12.1. The van der Waals surface area contributed by atoms with Crippen LogP contribution in [0.15, 0.2) is 30.9 Å². The lowest BCUT2D eigenvalue weighted by Crippen LogP contribution is -2.55. The number of ether oxygens (including phenoxy) is 1. The van der Waals surface area contributed by atoms with Crippen LogP contribution in [0.2, 0.25) is 0 Å². The van der Waals surface area contributed by atoms with E-state index in [4.69, 9.17) is 14.7 Å². The number of aromatic nitrogens is 2. The van der Waals surface area contributed by atoms with E-state index in [1.54, 1.807) is 4.90 Å². The van der Waals surface area contributed by atoms with Gasteiger partial charge in [-0.2, -0.15) is 15.2 Å². The van der Waals surface area contributed by atoms with Gasteiger partial charge in [0.1, 0.15) is 18.1 Å². The molecule has 0 bridgehead atoms. The molecule has 0 saturated carbocycles. The highest BCUT2D eigenvalue weighted by atomic mass is 16.5. The lowest BCUT2D eigenvalue weighted by Gasteiger charge is -2.42. The molecular weight excluding hydrogens is 516 g/mol. The van der Waals surface area contributed by atoms with Crippen LogP contribution in [-0.4, -0.2) is 83.4 Å². The number of amides is 1. The Kier molecular flexibility index (Phi) is 7.28. The number of carbonyl (C=O) groups excluding carboxylic acids is 2. The fourth-order valence-electron chi connectivity index (χ4n) is 7.31. The van der Waals surface area contributed by atoms with E-state index in [1.165, 1.54) is 22.8 Å². The maximum Gasteiger partial charge on any atom is 0.319 e. The van der Waals surface area contributed by atoms with Crippen molar-refractivity contribution in [3.63, 3.8) is 0 Å². The summed E-state index contributed by atoms with van der Waals surface area (Å²) in [5.74, 6) is 0.607. The predicted molar refractivity (Wildman–Crippen MR) is 155 cm³/mol. The Labute approximate surface area is 241 Å². The van der Waals surface area contributed by atoms with Crippen molar-refractivity contribution >= 4 is 17.5 Å². The number of benzene rings is 1. The van der Waals surface area contributed by atoms with Crippen molar-refractivity contribution in [2.45, 2.75) is 64.0 Å². The van der Waals surface area contributed by atoms with Gasteiger partial charge < -0.3 is 19.4 Å². The van der Waals surface area contributed by atoms with Gasteiger partial charge in [-0.05, 0) is 81.8 Å². The minimum Gasteiger partial charge on any atom is -0.462 e. The predicted octanol–water partition coefficient (Wildman–Crippen LogP) is 3.29. The first-order valence-electron chi connectivity index (χ1n) is 14.7. The summed E-state index contributed by atoms with van der Waals surface area (Å²) < 4.78 is 6.22. The van der Waals surface area contributed by atoms with E-state index in [0.717, 1.165) is 44.2 Å². The standard InChI is InChI=1S/C32H38N6O3/c1-4-27(39)38-16-15-37(19-23(38)11-13-33)30-25-10-12-32(17-22-8-5-7-21(2)26(22)18-32)29(40)28(25)34-31(35-30)41-20-24-9-6-14-36(24)3/h4-5,7-8,23-24H,1,6,9-12,14-20H2,2-3H3. The number of fused-ring (bicyclic) bond motifs is 2. The Morgan fingerprint density at radius 3 is 2.80 bits per heavy atom. The summed E-state index contributed by atoms with van der Waals surface area (Å²) in [5.41, 5.74) is 4.64. The molecule has 2 aliphatic heterocycles. The van der Waals surface area contributed by atoms with Gasteiger partial charge in [0.15, 0.2) is 5.78 Å². The molecule has 4 aliphatic rings. The molecular formula is C32H38N6O3. The second-order valence-electron chi connectivity index (χ2n) is 12.1. The molecule has 3 atom stereocenters. The molecule has 1 spiro atoms. The summed E-state index contributed by atoms with van der Waals surface area (Å²) in [6.45, 7) is 8.71. The summed E-state index contributed by atoms with van der Waals surface area (Å²) in [6, 6.07) is 8.82. The number of piperazine rings is 1. The Morgan fingerprint density at radius 2 is 2.07 bits per heavy atom. The third-order valence-corrected chi connectivity index (χ3v) is 9.71. The molecule has 3 heterocycles. The number of nitriles is 1. The van der Waals surface area contributed by atoms with Gasteiger partial charge in [-0.15, -0.1) is 0 Å². The van der Waals surface area contributed by atoms with Crippen molar-refractivity contribution < 1.29 is 14.3 Å². The van der Waals surface area contributed by atoms with Crippen molar-refractivity contribution in [3.8, 4) is 12.1 Å². The quantitative estimate of drug-likeness (QED) is 0.502. The van der Waals surface area contributed by atoms with E-state index in [9.17, 15) is 14.9 Å². The fourth-order valence-corrected chi connectivity index (χ4v) is 7.31. The zero-order valence-electron chi connectivity index (χ0n) is 24.1. The van der Waals surface area contributed by atoms with E-state index >= 15 is 0 Å². The summed E-state index contributed by atoms with van der Waals surface area (Å²) in [5, 5.41) is 9.50. The average Bonchev–Trinajstić information content (AvgIpc) is 3.57.